The number of anilines is 1. The number of carbonyl (C=O) groups is 1. The number of carbonyl (C=O) groups excluding carboxylic acids is 1. The molecule has 1 aliphatic rings. The van der Waals surface area contributed by atoms with Gasteiger partial charge in [0.25, 0.3) is 0 Å². The van der Waals surface area contributed by atoms with Gasteiger partial charge in [-0.3, -0.25) is 4.79 Å². The molecule has 8 heteroatoms. The molecule has 2 aromatic carbocycles. The molecule has 0 spiro atoms. The van der Waals surface area contributed by atoms with Crippen molar-refractivity contribution in [2.75, 3.05) is 18.4 Å². The van der Waals surface area contributed by atoms with Gasteiger partial charge in [-0.25, -0.2) is 0 Å². The molecule has 1 aliphatic heterocycles. The lowest BCUT2D eigenvalue weighted by atomic mass is 10.0. The van der Waals surface area contributed by atoms with Crippen molar-refractivity contribution in [3.8, 4) is 10.4 Å². The number of halogens is 4. The molecular formula is C24H22ClF3N2OS. The van der Waals surface area contributed by atoms with Crippen molar-refractivity contribution in [2.24, 2.45) is 0 Å². The number of thiophene rings is 1. The fourth-order valence-corrected chi connectivity index (χ4v) is 5.21. The largest absolute Gasteiger partial charge is 0.471 e. The summed E-state index contributed by atoms with van der Waals surface area (Å²) in [6.45, 7) is 2.08. The van der Waals surface area contributed by atoms with Gasteiger partial charge in [0.05, 0.1) is 16.8 Å². The van der Waals surface area contributed by atoms with E-state index in [4.69, 9.17) is 11.6 Å². The molecule has 2 heterocycles. The third kappa shape index (κ3) is 4.79. The number of benzene rings is 2. The third-order valence-electron chi connectivity index (χ3n) is 5.64. The van der Waals surface area contributed by atoms with E-state index in [1.54, 1.807) is 17.4 Å². The highest BCUT2D eigenvalue weighted by Gasteiger charge is 2.42. The molecule has 1 atom stereocenters. The highest BCUT2D eigenvalue weighted by molar-refractivity contribution is 7.15. The molecule has 3 aromatic rings. The average molecular weight is 479 g/mol. The molecule has 1 amide bonds. The first-order valence-corrected chi connectivity index (χ1v) is 11.5. The van der Waals surface area contributed by atoms with Crippen LogP contribution in [-0.4, -0.2) is 30.1 Å². The summed E-state index contributed by atoms with van der Waals surface area (Å²) in [4.78, 5) is 14.9. The number of nitrogens with one attached hydrogen (secondary N) is 1. The zero-order chi connectivity index (χ0) is 22.9. The highest BCUT2D eigenvalue weighted by atomic mass is 35.5. The Morgan fingerprint density at radius 2 is 1.78 bits per heavy atom. The van der Waals surface area contributed by atoms with E-state index in [1.807, 2.05) is 31.2 Å². The Balaban J connectivity index is 1.55. The molecule has 0 bridgehead atoms. The van der Waals surface area contributed by atoms with Crippen molar-refractivity contribution in [3.05, 3.63) is 75.6 Å². The number of rotatable bonds is 4. The van der Waals surface area contributed by atoms with Gasteiger partial charge < -0.3 is 10.2 Å². The van der Waals surface area contributed by atoms with E-state index in [9.17, 15) is 18.0 Å². The summed E-state index contributed by atoms with van der Waals surface area (Å²) in [5.74, 6) is -1.79. The number of hydrogen-bond donors (Lipinski definition) is 1. The topological polar surface area (TPSA) is 32.3 Å². The fraction of sp³-hybridized carbons (Fsp3) is 0.292. The molecular weight excluding hydrogens is 457 g/mol. The molecule has 1 N–H and O–H groups in total. The van der Waals surface area contributed by atoms with Crippen LogP contribution < -0.4 is 5.32 Å². The number of alkyl halides is 3. The maximum Gasteiger partial charge on any atom is 0.471 e. The first-order valence-electron chi connectivity index (χ1n) is 10.3. The van der Waals surface area contributed by atoms with Gasteiger partial charge in [-0.05, 0) is 54.7 Å². The van der Waals surface area contributed by atoms with Gasteiger partial charge in [-0.1, -0.05) is 48.0 Å². The van der Waals surface area contributed by atoms with Crippen LogP contribution in [0.4, 0.5) is 18.9 Å². The van der Waals surface area contributed by atoms with E-state index in [1.165, 1.54) is 0 Å². The second kappa shape index (κ2) is 9.16. The lowest BCUT2D eigenvalue weighted by Gasteiger charge is -2.22. The first kappa shape index (κ1) is 22.7. The van der Waals surface area contributed by atoms with Crippen LogP contribution in [0.15, 0.2) is 54.6 Å². The minimum Gasteiger partial charge on any atom is -0.376 e. The molecule has 1 unspecified atom stereocenters. The third-order valence-corrected chi connectivity index (χ3v) is 7.28. The van der Waals surface area contributed by atoms with E-state index in [2.05, 4.69) is 29.6 Å². The average Bonchev–Trinajstić information content (AvgIpc) is 3.17. The van der Waals surface area contributed by atoms with Crippen LogP contribution in [0.25, 0.3) is 10.4 Å². The number of nitrogens with zero attached hydrogens (tertiary/aromatic N) is 1. The van der Waals surface area contributed by atoms with E-state index < -0.39 is 12.1 Å². The predicted octanol–water partition coefficient (Wildman–Crippen LogP) is 6.73. The Kier molecular flexibility index (Phi) is 6.49. The molecule has 0 fully saturated rings. The Hall–Kier alpha value is -2.51. The fourth-order valence-electron chi connectivity index (χ4n) is 3.97. The molecule has 0 saturated carbocycles. The highest BCUT2D eigenvalue weighted by Crippen LogP contribution is 2.37. The molecule has 168 valence electrons. The summed E-state index contributed by atoms with van der Waals surface area (Å²) >= 11 is 8.18. The Bertz CT molecular complexity index is 1110. The minimum atomic E-state index is -4.86. The van der Waals surface area contributed by atoms with Crippen molar-refractivity contribution in [1.29, 1.82) is 0 Å². The Morgan fingerprint density at radius 3 is 2.50 bits per heavy atom. The summed E-state index contributed by atoms with van der Waals surface area (Å²) in [7, 11) is 0. The van der Waals surface area contributed by atoms with Crippen LogP contribution in [0.1, 0.15) is 29.0 Å². The summed E-state index contributed by atoms with van der Waals surface area (Å²) in [5.41, 5.74) is 3.67. The maximum absolute atomic E-state index is 12.9. The molecule has 32 heavy (non-hydrogen) atoms. The molecule has 4 rings (SSSR count). The number of amides is 1. The van der Waals surface area contributed by atoms with Gasteiger partial charge in [-0.2, -0.15) is 13.2 Å². The molecule has 0 saturated heterocycles. The van der Waals surface area contributed by atoms with Gasteiger partial charge >= 0.3 is 12.1 Å². The van der Waals surface area contributed by atoms with E-state index in [0.717, 1.165) is 37.0 Å². The lowest BCUT2D eigenvalue weighted by Crippen LogP contribution is -2.42. The van der Waals surface area contributed by atoms with Gasteiger partial charge in [0, 0.05) is 22.8 Å². The van der Waals surface area contributed by atoms with E-state index in [-0.39, 0.29) is 19.1 Å². The lowest BCUT2D eigenvalue weighted by molar-refractivity contribution is -0.185. The van der Waals surface area contributed by atoms with E-state index in [0.29, 0.717) is 17.9 Å². The second-order valence-corrected chi connectivity index (χ2v) is 9.31. The molecule has 3 nitrogen and oxygen atoms in total. The molecule has 1 aromatic heterocycles. The quantitative estimate of drug-likeness (QED) is 0.451. The van der Waals surface area contributed by atoms with Crippen molar-refractivity contribution >= 4 is 34.5 Å². The van der Waals surface area contributed by atoms with Crippen molar-refractivity contribution in [3.63, 3.8) is 0 Å². The predicted molar refractivity (Wildman–Crippen MR) is 123 cm³/mol. The van der Waals surface area contributed by atoms with Gasteiger partial charge in [0.1, 0.15) is 0 Å². The van der Waals surface area contributed by atoms with E-state index >= 15 is 0 Å². The monoisotopic (exact) mass is 478 g/mol. The van der Waals surface area contributed by atoms with Crippen LogP contribution in [0.5, 0.6) is 0 Å². The van der Waals surface area contributed by atoms with Gasteiger partial charge in [0.2, 0.25) is 0 Å². The maximum atomic E-state index is 12.9. The summed E-state index contributed by atoms with van der Waals surface area (Å²) < 4.78 is 38.7. The smallest absolute Gasteiger partial charge is 0.376 e. The zero-order valence-electron chi connectivity index (χ0n) is 17.4. The van der Waals surface area contributed by atoms with Crippen LogP contribution in [0.3, 0.4) is 0 Å². The van der Waals surface area contributed by atoms with Crippen LogP contribution in [0.2, 0.25) is 5.02 Å². The van der Waals surface area contributed by atoms with Crippen molar-refractivity contribution in [2.45, 2.75) is 32.0 Å². The minimum absolute atomic E-state index is 0.00586. The van der Waals surface area contributed by atoms with Crippen LogP contribution in [0, 0.1) is 0 Å². The Labute approximate surface area is 193 Å². The van der Waals surface area contributed by atoms with Gasteiger partial charge in [-0.15, -0.1) is 11.3 Å². The summed E-state index contributed by atoms with van der Waals surface area (Å²) in [6.07, 6.45) is -4.19. The second-order valence-electron chi connectivity index (χ2n) is 7.78. The van der Waals surface area contributed by atoms with Crippen LogP contribution in [-0.2, 0) is 17.6 Å². The number of fused-ring (bicyclic) bond motifs is 1. The van der Waals surface area contributed by atoms with Gasteiger partial charge in [0.15, 0.2) is 0 Å². The van der Waals surface area contributed by atoms with Crippen molar-refractivity contribution in [1.82, 2.24) is 4.90 Å². The zero-order valence-corrected chi connectivity index (χ0v) is 18.9. The first-order chi connectivity index (χ1) is 15.2. The van der Waals surface area contributed by atoms with Crippen molar-refractivity contribution < 1.29 is 18.0 Å². The summed E-state index contributed by atoms with van der Waals surface area (Å²) in [6, 6.07) is 17.8. The van der Waals surface area contributed by atoms with Crippen LogP contribution >= 0.6 is 22.9 Å². The molecule has 0 radical (unpaired) electrons. The summed E-state index contributed by atoms with van der Waals surface area (Å²) in [5, 5.41) is 3.99. The standard InChI is InChI=1S/C24H22ClF3N2OS/c1-15(20-9-10-21(32-20)17-5-3-2-4-6-17)29-22-18-12-14-30(23(31)24(26,27)28)13-11-16(18)7-8-19(22)25/h2-10,15,29H,11-14H2,1H3. The number of hydrogen-bond acceptors (Lipinski definition) is 3. The molecule has 0 aliphatic carbocycles. The Morgan fingerprint density at radius 1 is 1.06 bits per heavy atom. The normalized spacial score (nSPS) is 15.1. The SMILES string of the molecule is CC(Nc1c(Cl)ccc2c1CCN(C(=O)C(F)(F)F)CC2)c1ccc(-c2ccccc2)s1.